The number of hydrogen-bond donors (Lipinski definition) is 1. The number of nitrogens with one attached hydrogen (secondary N) is 1. The summed E-state index contributed by atoms with van der Waals surface area (Å²) in [6, 6.07) is 7.88. The zero-order chi connectivity index (χ0) is 12.8. The highest BCUT2D eigenvalue weighted by Crippen LogP contribution is 2.16. The summed E-state index contributed by atoms with van der Waals surface area (Å²) >= 11 is 3.38. The minimum Gasteiger partial charge on any atom is -0.369 e. The molecule has 1 unspecified atom stereocenters. The highest BCUT2D eigenvalue weighted by molar-refractivity contribution is 9.10. The van der Waals surface area contributed by atoms with Gasteiger partial charge in [0.1, 0.15) is 6.61 Å². The Kier molecular flexibility index (Phi) is 5.65. The van der Waals surface area contributed by atoms with E-state index in [9.17, 15) is 4.79 Å². The number of benzene rings is 1. The molecule has 3 nitrogen and oxygen atoms in total. The molecule has 17 heavy (non-hydrogen) atoms. The third-order valence-electron chi connectivity index (χ3n) is 2.30. The van der Waals surface area contributed by atoms with Crippen LogP contribution in [0.4, 0.5) is 0 Å². The maximum atomic E-state index is 11.6. The fourth-order valence-corrected chi connectivity index (χ4v) is 1.62. The van der Waals surface area contributed by atoms with E-state index in [-0.39, 0.29) is 24.7 Å². The minimum absolute atomic E-state index is 0.00800. The quantitative estimate of drug-likeness (QED) is 0.907. The van der Waals surface area contributed by atoms with E-state index in [1.54, 1.807) is 0 Å². The van der Waals surface area contributed by atoms with Gasteiger partial charge in [0.15, 0.2) is 0 Å². The Morgan fingerprint density at radius 1 is 1.29 bits per heavy atom. The molecule has 0 spiro atoms. The molecule has 0 fully saturated rings. The first-order valence-electron chi connectivity index (χ1n) is 5.65. The molecular weight excluding hydrogens is 282 g/mol. The number of rotatable bonds is 5. The van der Waals surface area contributed by atoms with Crippen molar-refractivity contribution in [3.05, 3.63) is 34.3 Å². The van der Waals surface area contributed by atoms with Crippen molar-refractivity contribution in [1.82, 2.24) is 5.32 Å². The van der Waals surface area contributed by atoms with E-state index in [4.69, 9.17) is 4.74 Å². The van der Waals surface area contributed by atoms with E-state index in [0.717, 1.165) is 10.0 Å². The molecule has 1 aromatic carbocycles. The van der Waals surface area contributed by atoms with Crippen LogP contribution >= 0.6 is 15.9 Å². The molecule has 0 saturated carbocycles. The van der Waals surface area contributed by atoms with Crippen LogP contribution in [0.5, 0.6) is 0 Å². The smallest absolute Gasteiger partial charge is 0.246 e. The first-order valence-corrected chi connectivity index (χ1v) is 6.44. The molecule has 1 rings (SSSR count). The summed E-state index contributed by atoms with van der Waals surface area (Å²) in [4.78, 5) is 11.6. The highest BCUT2D eigenvalue weighted by Gasteiger charge is 2.09. The summed E-state index contributed by atoms with van der Waals surface area (Å²) in [6.07, 6.45) is 0.0729. The van der Waals surface area contributed by atoms with E-state index < -0.39 is 0 Å². The summed E-state index contributed by atoms with van der Waals surface area (Å²) in [5.41, 5.74) is 1.08. The molecule has 0 aliphatic heterocycles. The molecule has 0 bridgehead atoms. The minimum atomic E-state index is -0.0888. The lowest BCUT2D eigenvalue weighted by molar-refractivity contribution is -0.127. The van der Waals surface area contributed by atoms with Crippen molar-refractivity contribution in [3.63, 3.8) is 0 Å². The van der Waals surface area contributed by atoms with Crippen LogP contribution in [-0.4, -0.2) is 18.6 Å². The van der Waals surface area contributed by atoms with Crippen molar-refractivity contribution < 1.29 is 9.53 Å². The summed E-state index contributed by atoms with van der Waals surface area (Å²) in [7, 11) is 0. The van der Waals surface area contributed by atoms with Gasteiger partial charge in [-0.05, 0) is 38.5 Å². The summed E-state index contributed by atoms with van der Waals surface area (Å²) in [5, 5.41) is 2.89. The standard InChI is InChI=1S/C13H18BrNO2/c1-9(2)17-8-13(16)15-10(3)11-4-6-12(14)7-5-11/h4-7,9-10H,8H2,1-3H3,(H,15,16). The Bertz CT molecular complexity index is 362. The molecule has 1 atom stereocenters. The van der Waals surface area contributed by atoms with Crippen LogP contribution in [0.25, 0.3) is 0 Å². The third-order valence-corrected chi connectivity index (χ3v) is 2.82. The molecule has 0 radical (unpaired) electrons. The SMILES string of the molecule is CC(C)OCC(=O)NC(C)c1ccc(Br)cc1. The van der Waals surface area contributed by atoms with Gasteiger partial charge >= 0.3 is 0 Å². The van der Waals surface area contributed by atoms with Crippen LogP contribution in [0, 0.1) is 0 Å². The molecule has 0 aliphatic carbocycles. The monoisotopic (exact) mass is 299 g/mol. The van der Waals surface area contributed by atoms with E-state index in [2.05, 4.69) is 21.2 Å². The van der Waals surface area contributed by atoms with Gasteiger partial charge in [0.25, 0.3) is 0 Å². The molecule has 4 heteroatoms. The highest BCUT2D eigenvalue weighted by atomic mass is 79.9. The van der Waals surface area contributed by atoms with E-state index in [1.807, 2.05) is 45.0 Å². The predicted octanol–water partition coefficient (Wildman–Crippen LogP) is 3.05. The van der Waals surface area contributed by atoms with Gasteiger partial charge in [0.2, 0.25) is 5.91 Å². The van der Waals surface area contributed by atoms with Crippen LogP contribution in [0.1, 0.15) is 32.4 Å². The molecular formula is C13H18BrNO2. The van der Waals surface area contributed by atoms with Gasteiger partial charge in [-0.3, -0.25) is 4.79 Å². The predicted molar refractivity (Wildman–Crippen MR) is 71.8 cm³/mol. The Balaban J connectivity index is 2.46. The Labute approximate surface area is 111 Å². The van der Waals surface area contributed by atoms with Crippen molar-refractivity contribution in [2.24, 2.45) is 0 Å². The lowest BCUT2D eigenvalue weighted by Gasteiger charge is -2.15. The molecule has 0 aromatic heterocycles. The first-order chi connectivity index (χ1) is 7.99. The third kappa shape index (κ3) is 5.33. The van der Waals surface area contributed by atoms with E-state index in [0.29, 0.717) is 0 Å². The van der Waals surface area contributed by atoms with Gasteiger partial charge in [-0.1, -0.05) is 28.1 Å². The fraction of sp³-hybridized carbons (Fsp3) is 0.462. The number of ether oxygens (including phenoxy) is 1. The van der Waals surface area contributed by atoms with Crippen LogP contribution in [-0.2, 0) is 9.53 Å². The summed E-state index contributed by atoms with van der Waals surface area (Å²) in [5.74, 6) is -0.0888. The molecule has 94 valence electrons. The Hall–Kier alpha value is -0.870. The lowest BCUT2D eigenvalue weighted by Crippen LogP contribution is -2.31. The molecule has 0 aliphatic rings. The normalized spacial score (nSPS) is 12.5. The first kappa shape index (κ1) is 14.2. The largest absolute Gasteiger partial charge is 0.369 e. The van der Waals surface area contributed by atoms with Crippen LogP contribution in [0.15, 0.2) is 28.7 Å². The van der Waals surface area contributed by atoms with Gasteiger partial charge in [0, 0.05) is 4.47 Å². The number of carbonyl (C=O) groups is 1. The molecule has 1 amide bonds. The Morgan fingerprint density at radius 2 is 1.88 bits per heavy atom. The molecule has 0 saturated heterocycles. The summed E-state index contributed by atoms with van der Waals surface area (Å²) in [6.45, 7) is 5.88. The number of hydrogen-bond acceptors (Lipinski definition) is 2. The van der Waals surface area contributed by atoms with Gasteiger partial charge < -0.3 is 10.1 Å². The number of amides is 1. The molecule has 1 aromatic rings. The van der Waals surface area contributed by atoms with E-state index >= 15 is 0 Å². The fourth-order valence-electron chi connectivity index (χ4n) is 1.36. The second-order valence-corrected chi connectivity index (χ2v) is 5.12. The number of carbonyl (C=O) groups excluding carboxylic acids is 1. The lowest BCUT2D eigenvalue weighted by atomic mass is 10.1. The van der Waals surface area contributed by atoms with Crippen molar-refractivity contribution >= 4 is 21.8 Å². The summed E-state index contributed by atoms with van der Waals surface area (Å²) < 4.78 is 6.27. The van der Waals surface area contributed by atoms with E-state index in [1.165, 1.54) is 0 Å². The number of halogens is 1. The van der Waals surface area contributed by atoms with Gasteiger partial charge in [0.05, 0.1) is 12.1 Å². The molecule has 0 heterocycles. The van der Waals surface area contributed by atoms with Gasteiger partial charge in [-0.15, -0.1) is 0 Å². The Morgan fingerprint density at radius 3 is 2.41 bits per heavy atom. The van der Waals surface area contributed by atoms with Crippen molar-refractivity contribution in [1.29, 1.82) is 0 Å². The van der Waals surface area contributed by atoms with Gasteiger partial charge in [-0.25, -0.2) is 0 Å². The average molecular weight is 300 g/mol. The topological polar surface area (TPSA) is 38.3 Å². The average Bonchev–Trinajstić information content (AvgIpc) is 2.27. The van der Waals surface area contributed by atoms with Crippen LogP contribution < -0.4 is 5.32 Å². The van der Waals surface area contributed by atoms with Crippen molar-refractivity contribution in [2.75, 3.05) is 6.61 Å². The van der Waals surface area contributed by atoms with Crippen LogP contribution in [0.2, 0.25) is 0 Å². The van der Waals surface area contributed by atoms with Crippen molar-refractivity contribution in [2.45, 2.75) is 32.9 Å². The maximum absolute atomic E-state index is 11.6. The second kappa shape index (κ2) is 6.77. The molecule has 1 N–H and O–H groups in total. The zero-order valence-corrected chi connectivity index (χ0v) is 12.0. The van der Waals surface area contributed by atoms with Gasteiger partial charge in [-0.2, -0.15) is 0 Å². The zero-order valence-electron chi connectivity index (χ0n) is 10.4. The second-order valence-electron chi connectivity index (χ2n) is 4.20. The van der Waals surface area contributed by atoms with Crippen LogP contribution in [0.3, 0.4) is 0 Å². The van der Waals surface area contributed by atoms with Crippen molar-refractivity contribution in [3.8, 4) is 0 Å². The maximum Gasteiger partial charge on any atom is 0.246 e.